The average Bonchev–Trinajstić information content (AvgIpc) is 2.61. The van der Waals surface area contributed by atoms with Crippen LogP contribution in [-0.2, 0) is 0 Å². The van der Waals surface area contributed by atoms with E-state index in [4.69, 9.17) is 0 Å². The standard InChI is InChI=1S/C16H22N2O/c1-10-11(2)18-14-7-6-12(8-13(10)14)15(19)17-9-16(3,4)5/h6-8,18H,9H2,1-5H3,(H,17,19). The van der Waals surface area contributed by atoms with E-state index < -0.39 is 0 Å². The highest BCUT2D eigenvalue weighted by Crippen LogP contribution is 2.22. The first kappa shape index (κ1) is 13.7. The molecule has 3 heteroatoms. The number of carbonyl (C=O) groups excluding carboxylic acids is 1. The Kier molecular flexibility index (Phi) is 3.40. The van der Waals surface area contributed by atoms with Gasteiger partial charge >= 0.3 is 0 Å². The van der Waals surface area contributed by atoms with Gasteiger partial charge < -0.3 is 10.3 Å². The van der Waals surface area contributed by atoms with E-state index in [1.807, 2.05) is 18.2 Å². The Morgan fingerprint density at radius 2 is 1.95 bits per heavy atom. The quantitative estimate of drug-likeness (QED) is 0.850. The van der Waals surface area contributed by atoms with Gasteiger partial charge in [0.2, 0.25) is 0 Å². The van der Waals surface area contributed by atoms with Gasteiger partial charge in [-0.1, -0.05) is 20.8 Å². The summed E-state index contributed by atoms with van der Waals surface area (Å²) in [5.74, 6) is -0.00456. The third-order valence-corrected chi connectivity index (χ3v) is 3.35. The highest BCUT2D eigenvalue weighted by Gasteiger charge is 2.14. The lowest BCUT2D eigenvalue weighted by atomic mass is 9.97. The van der Waals surface area contributed by atoms with Crippen molar-refractivity contribution < 1.29 is 4.79 Å². The van der Waals surface area contributed by atoms with Crippen LogP contribution in [0.1, 0.15) is 42.4 Å². The van der Waals surface area contributed by atoms with Crippen molar-refractivity contribution in [3.05, 3.63) is 35.0 Å². The summed E-state index contributed by atoms with van der Waals surface area (Å²) in [6.07, 6.45) is 0. The topological polar surface area (TPSA) is 44.9 Å². The Morgan fingerprint density at radius 3 is 2.58 bits per heavy atom. The lowest BCUT2D eigenvalue weighted by molar-refractivity contribution is 0.0939. The lowest BCUT2D eigenvalue weighted by Crippen LogP contribution is -2.32. The van der Waals surface area contributed by atoms with Crippen molar-refractivity contribution in [2.24, 2.45) is 5.41 Å². The maximum absolute atomic E-state index is 12.1. The van der Waals surface area contributed by atoms with Gasteiger partial charge in [0.1, 0.15) is 0 Å². The number of nitrogens with one attached hydrogen (secondary N) is 2. The van der Waals surface area contributed by atoms with E-state index in [2.05, 4.69) is 44.9 Å². The summed E-state index contributed by atoms with van der Waals surface area (Å²) in [5, 5.41) is 4.11. The smallest absolute Gasteiger partial charge is 0.251 e. The molecule has 0 bridgehead atoms. The number of benzene rings is 1. The SMILES string of the molecule is Cc1[nH]c2ccc(C(=O)NCC(C)(C)C)cc2c1C. The number of hydrogen-bond acceptors (Lipinski definition) is 1. The number of hydrogen-bond donors (Lipinski definition) is 2. The Bertz CT molecular complexity index is 617. The highest BCUT2D eigenvalue weighted by molar-refractivity contribution is 5.99. The van der Waals surface area contributed by atoms with Gasteiger partial charge in [0, 0.05) is 28.7 Å². The number of aryl methyl sites for hydroxylation is 2. The third kappa shape index (κ3) is 2.98. The number of fused-ring (bicyclic) bond motifs is 1. The van der Waals surface area contributed by atoms with E-state index >= 15 is 0 Å². The monoisotopic (exact) mass is 258 g/mol. The van der Waals surface area contributed by atoms with Crippen LogP contribution in [0.15, 0.2) is 18.2 Å². The summed E-state index contributed by atoms with van der Waals surface area (Å²) in [6.45, 7) is 11.1. The molecule has 0 saturated heterocycles. The van der Waals surface area contributed by atoms with Crippen LogP contribution in [-0.4, -0.2) is 17.4 Å². The highest BCUT2D eigenvalue weighted by atomic mass is 16.1. The fourth-order valence-electron chi connectivity index (χ4n) is 2.05. The second kappa shape index (κ2) is 4.72. The van der Waals surface area contributed by atoms with Gasteiger partial charge in [-0.05, 0) is 43.0 Å². The summed E-state index contributed by atoms with van der Waals surface area (Å²) in [4.78, 5) is 15.4. The van der Waals surface area contributed by atoms with Gasteiger partial charge in [-0.15, -0.1) is 0 Å². The zero-order valence-corrected chi connectivity index (χ0v) is 12.3. The average molecular weight is 258 g/mol. The van der Waals surface area contributed by atoms with Crippen LogP contribution in [0.2, 0.25) is 0 Å². The number of amides is 1. The van der Waals surface area contributed by atoms with E-state index in [1.54, 1.807) is 0 Å². The Balaban J connectivity index is 2.25. The summed E-state index contributed by atoms with van der Waals surface area (Å²) in [6, 6.07) is 5.81. The zero-order valence-electron chi connectivity index (χ0n) is 12.3. The Hall–Kier alpha value is -1.77. The lowest BCUT2D eigenvalue weighted by Gasteiger charge is -2.18. The van der Waals surface area contributed by atoms with E-state index in [0.29, 0.717) is 6.54 Å². The first-order valence-corrected chi connectivity index (χ1v) is 6.65. The van der Waals surface area contributed by atoms with Crippen molar-refractivity contribution in [2.45, 2.75) is 34.6 Å². The maximum atomic E-state index is 12.1. The van der Waals surface area contributed by atoms with Gasteiger partial charge in [-0.25, -0.2) is 0 Å². The molecule has 0 aliphatic carbocycles. The summed E-state index contributed by atoms with van der Waals surface area (Å²) in [7, 11) is 0. The fourth-order valence-corrected chi connectivity index (χ4v) is 2.05. The molecule has 0 saturated carbocycles. The van der Waals surface area contributed by atoms with Crippen LogP contribution >= 0.6 is 0 Å². The normalized spacial score (nSPS) is 11.8. The molecule has 0 atom stereocenters. The molecule has 0 unspecified atom stereocenters. The molecule has 0 fully saturated rings. The van der Waals surface area contributed by atoms with Crippen LogP contribution in [0.25, 0.3) is 10.9 Å². The Morgan fingerprint density at radius 1 is 1.26 bits per heavy atom. The predicted molar refractivity (Wildman–Crippen MR) is 79.6 cm³/mol. The van der Waals surface area contributed by atoms with Crippen molar-refractivity contribution >= 4 is 16.8 Å². The molecule has 1 heterocycles. The van der Waals surface area contributed by atoms with Crippen LogP contribution in [0.4, 0.5) is 0 Å². The first-order valence-electron chi connectivity index (χ1n) is 6.65. The molecule has 0 aliphatic rings. The summed E-state index contributed by atoms with van der Waals surface area (Å²) < 4.78 is 0. The van der Waals surface area contributed by atoms with Crippen LogP contribution in [0.5, 0.6) is 0 Å². The van der Waals surface area contributed by atoms with Crippen molar-refractivity contribution in [1.29, 1.82) is 0 Å². The number of rotatable bonds is 2. The molecule has 2 N–H and O–H groups in total. The minimum Gasteiger partial charge on any atom is -0.358 e. The molecule has 2 aromatic rings. The molecule has 19 heavy (non-hydrogen) atoms. The van der Waals surface area contributed by atoms with Gasteiger partial charge in [-0.3, -0.25) is 4.79 Å². The maximum Gasteiger partial charge on any atom is 0.251 e. The third-order valence-electron chi connectivity index (χ3n) is 3.35. The molecule has 102 valence electrons. The van der Waals surface area contributed by atoms with E-state index in [0.717, 1.165) is 22.2 Å². The molecule has 1 aromatic carbocycles. The minimum absolute atomic E-state index is 0.00456. The number of aromatic amines is 1. The molecule has 3 nitrogen and oxygen atoms in total. The van der Waals surface area contributed by atoms with E-state index in [-0.39, 0.29) is 11.3 Å². The van der Waals surface area contributed by atoms with Gasteiger partial charge in [0.15, 0.2) is 0 Å². The van der Waals surface area contributed by atoms with Gasteiger partial charge in [0.05, 0.1) is 0 Å². The molecule has 0 aliphatic heterocycles. The van der Waals surface area contributed by atoms with Crippen molar-refractivity contribution in [3.63, 3.8) is 0 Å². The van der Waals surface area contributed by atoms with Crippen LogP contribution in [0.3, 0.4) is 0 Å². The molecular formula is C16H22N2O. The number of carbonyl (C=O) groups is 1. The van der Waals surface area contributed by atoms with Gasteiger partial charge in [0.25, 0.3) is 5.91 Å². The van der Waals surface area contributed by atoms with Gasteiger partial charge in [-0.2, -0.15) is 0 Å². The molecule has 2 rings (SSSR count). The van der Waals surface area contributed by atoms with Crippen molar-refractivity contribution in [3.8, 4) is 0 Å². The molecule has 1 amide bonds. The molecule has 1 aromatic heterocycles. The largest absolute Gasteiger partial charge is 0.358 e. The molecular weight excluding hydrogens is 236 g/mol. The van der Waals surface area contributed by atoms with E-state index in [9.17, 15) is 4.79 Å². The zero-order chi connectivity index (χ0) is 14.2. The summed E-state index contributed by atoms with van der Waals surface area (Å²) >= 11 is 0. The number of H-pyrrole nitrogens is 1. The Labute approximate surface area is 114 Å². The van der Waals surface area contributed by atoms with Crippen LogP contribution < -0.4 is 5.32 Å². The second-order valence-electron chi connectivity index (χ2n) is 6.38. The first-order chi connectivity index (χ1) is 8.78. The fraction of sp³-hybridized carbons (Fsp3) is 0.438. The minimum atomic E-state index is -0.00456. The second-order valence-corrected chi connectivity index (χ2v) is 6.38. The van der Waals surface area contributed by atoms with Crippen molar-refractivity contribution in [1.82, 2.24) is 10.3 Å². The van der Waals surface area contributed by atoms with Crippen molar-refractivity contribution in [2.75, 3.05) is 6.54 Å². The summed E-state index contributed by atoms with van der Waals surface area (Å²) in [5.41, 5.74) is 4.27. The van der Waals surface area contributed by atoms with E-state index in [1.165, 1.54) is 5.56 Å². The predicted octanol–water partition coefficient (Wildman–Crippen LogP) is 3.56. The molecule has 0 radical (unpaired) electrons. The molecule has 0 spiro atoms. The number of aromatic nitrogens is 1. The van der Waals surface area contributed by atoms with Crippen LogP contribution in [0, 0.1) is 19.3 Å².